The van der Waals surface area contributed by atoms with E-state index in [1.54, 1.807) is 12.1 Å². The quantitative estimate of drug-likeness (QED) is 0.885. The number of ether oxygens (including phenoxy) is 1. The van der Waals surface area contributed by atoms with Gasteiger partial charge in [0.1, 0.15) is 25.3 Å². The Hall–Kier alpha value is -1.10. The number of amides is 1. The van der Waals surface area contributed by atoms with Gasteiger partial charge < -0.3 is 15.0 Å². The van der Waals surface area contributed by atoms with Crippen molar-refractivity contribution >= 4 is 23.2 Å². The molecule has 110 valence electrons. The number of hydrogen-bond acceptors (Lipinski definition) is 2. The average Bonchev–Trinajstić information content (AvgIpc) is 2.39. The van der Waals surface area contributed by atoms with Crippen LogP contribution in [0.1, 0.15) is 20.8 Å². The van der Waals surface area contributed by atoms with Gasteiger partial charge in [-0.3, -0.25) is 4.79 Å². The lowest BCUT2D eigenvalue weighted by Gasteiger charge is -2.35. The standard InChI is InChI=1S/C15H21ClN2O2/c1-10-8-18(9-11(2)20-10)12(3)15(19)17-14-6-4-13(16)5-7-14/h4-7,10-12H,8-9H2,1-3H3,(H,17,19)/p+1/t10-,11+,12-/m0/s1. The average molecular weight is 298 g/mol. The molecule has 1 saturated heterocycles. The highest BCUT2D eigenvalue weighted by Gasteiger charge is 2.32. The van der Waals surface area contributed by atoms with Gasteiger partial charge in [0.2, 0.25) is 0 Å². The lowest BCUT2D eigenvalue weighted by atomic mass is 10.1. The van der Waals surface area contributed by atoms with E-state index in [1.165, 1.54) is 4.90 Å². The molecular weight excluding hydrogens is 276 g/mol. The molecule has 20 heavy (non-hydrogen) atoms. The third kappa shape index (κ3) is 3.95. The van der Waals surface area contributed by atoms with Crippen LogP contribution in [0, 0.1) is 0 Å². The molecule has 4 atom stereocenters. The Morgan fingerprint density at radius 1 is 1.30 bits per heavy atom. The van der Waals surface area contributed by atoms with Crippen LogP contribution < -0.4 is 10.2 Å². The fourth-order valence-corrected chi connectivity index (χ4v) is 2.76. The predicted octanol–water partition coefficient (Wildman–Crippen LogP) is 1.36. The number of anilines is 1. The third-order valence-corrected chi connectivity index (χ3v) is 3.93. The first-order valence-corrected chi connectivity index (χ1v) is 7.40. The summed E-state index contributed by atoms with van der Waals surface area (Å²) in [6, 6.07) is 7.07. The van der Waals surface area contributed by atoms with E-state index in [0.29, 0.717) is 5.02 Å². The molecule has 1 aromatic carbocycles. The summed E-state index contributed by atoms with van der Waals surface area (Å²) in [7, 11) is 0. The second kappa shape index (κ2) is 6.57. The molecule has 2 rings (SSSR count). The van der Waals surface area contributed by atoms with Crippen molar-refractivity contribution in [3.63, 3.8) is 0 Å². The molecule has 0 spiro atoms. The first kappa shape index (κ1) is 15.3. The van der Waals surface area contributed by atoms with Crippen molar-refractivity contribution in [2.24, 2.45) is 0 Å². The molecule has 2 N–H and O–H groups in total. The molecule has 1 amide bonds. The third-order valence-electron chi connectivity index (χ3n) is 3.68. The summed E-state index contributed by atoms with van der Waals surface area (Å²) in [6.07, 6.45) is 0.388. The molecule has 0 radical (unpaired) electrons. The number of morpholine rings is 1. The first-order chi connectivity index (χ1) is 9.45. The Bertz CT molecular complexity index is 453. The van der Waals surface area contributed by atoms with Gasteiger partial charge in [-0.1, -0.05) is 11.6 Å². The number of halogens is 1. The predicted molar refractivity (Wildman–Crippen MR) is 80.2 cm³/mol. The summed E-state index contributed by atoms with van der Waals surface area (Å²) in [4.78, 5) is 13.6. The fourth-order valence-electron chi connectivity index (χ4n) is 2.64. The summed E-state index contributed by atoms with van der Waals surface area (Å²) < 4.78 is 5.71. The monoisotopic (exact) mass is 297 g/mol. The van der Waals surface area contributed by atoms with E-state index in [9.17, 15) is 4.79 Å². The minimum absolute atomic E-state index is 0.0311. The van der Waals surface area contributed by atoms with Gasteiger partial charge in [-0.2, -0.15) is 0 Å². The van der Waals surface area contributed by atoms with E-state index in [-0.39, 0.29) is 24.2 Å². The number of nitrogens with one attached hydrogen (secondary N) is 2. The Kier molecular flexibility index (Phi) is 5.02. The Morgan fingerprint density at radius 2 is 1.85 bits per heavy atom. The minimum atomic E-state index is -0.0977. The number of carbonyl (C=O) groups is 1. The molecular formula is C15H22ClN2O2+. The van der Waals surface area contributed by atoms with E-state index in [4.69, 9.17) is 16.3 Å². The molecule has 1 unspecified atom stereocenters. The van der Waals surface area contributed by atoms with E-state index < -0.39 is 0 Å². The Morgan fingerprint density at radius 3 is 2.40 bits per heavy atom. The zero-order valence-corrected chi connectivity index (χ0v) is 12.9. The molecule has 0 bridgehead atoms. The molecule has 1 heterocycles. The van der Waals surface area contributed by atoms with Gasteiger partial charge in [0.05, 0.1) is 0 Å². The highest BCUT2D eigenvalue weighted by molar-refractivity contribution is 6.30. The maximum atomic E-state index is 12.3. The van der Waals surface area contributed by atoms with E-state index in [1.807, 2.05) is 19.1 Å². The number of rotatable bonds is 3. The number of carbonyl (C=O) groups excluding carboxylic acids is 1. The summed E-state index contributed by atoms with van der Waals surface area (Å²) in [5.41, 5.74) is 0.778. The highest BCUT2D eigenvalue weighted by Crippen LogP contribution is 2.13. The SMILES string of the molecule is C[C@@H]1C[NH+]([C@@H](C)C(=O)Nc2ccc(Cl)cc2)C[C@H](C)O1. The fraction of sp³-hybridized carbons (Fsp3) is 0.533. The Labute approximate surface area is 125 Å². The number of hydrogen-bond donors (Lipinski definition) is 2. The summed E-state index contributed by atoms with van der Waals surface area (Å²) in [5, 5.41) is 3.60. The molecule has 1 aliphatic rings. The van der Waals surface area contributed by atoms with Crippen LogP contribution in [-0.4, -0.2) is 37.2 Å². The maximum Gasteiger partial charge on any atom is 0.282 e. The van der Waals surface area contributed by atoms with Gasteiger partial charge in [-0.05, 0) is 45.0 Å². The van der Waals surface area contributed by atoms with Crippen molar-refractivity contribution in [3.8, 4) is 0 Å². The topological polar surface area (TPSA) is 42.8 Å². The highest BCUT2D eigenvalue weighted by atomic mass is 35.5. The lowest BCUT2D eigenvalue weighted by Crippen LogP contribution is -3.19. The van der Waals surface area contributed by atoms with Crippen LogP contribution in [0.5, 0.6) is 0 Å². The van der Waals surface area contributed by atoms with Crippen LogP contribution >= 0.6 is 11.6 Å². The van der Waals surface area contributed by atoms with Gasteiger partial charge in [-0.25, -0.2) is 0 Å². The molecule has 4 nitrogen and oxygen atoms in total. The first-order valence-electron chi connectivity index (χ1n) is 7.02. The van der Waals surface area contributed by atoms with E-state index in [0.717, 1.165) is 18.8 Å². The summed E-state index contributed by atoms with van der Waals surface area (Å²) in [5.74, 6) is 0.0311. The largest absolute Gasteiger partial charge is 0.364 e. The normalized spacial score (nSPS) is 27.9. The Balaban J connectivity index is 1.96. The van der Waals surface area contributed by atoms with Crippen molar-refractivity contribution in [3.05, 3.63) is 29.3 Å². The van der Waals surface area contributed by atoms with Crippen LogP contribution in [0.3, 0.4) is 0 Å². The molecule has 1 aliphatic heterocycles. The van der Waals surface area contributed by atoms with E-state index >= 15 is 0 Å². The van der Waals surface area contributed by atoms with Crippen molar-refractivity contribution < 1.29 is 14.4 Å². The maximum absolute atomic E-state index is 12.3. The molecule has 0 aromatic heterocycles. The van der Waals surface area contributed by atoms with Gasteiger partial charge in [0.15, 0.2) is 6.04 Å². The van der Waals surface area contributed by atoms with E-state index in [2.05, 4.69) is 19.2 Å². The van der Waals surface area contributed by atoms with Crippen LogP contribution in [0.25, 0.3) is 0 Å². The lowest BCUT2D eigenvalue weighted by molar-refractivity contribution is -0.928. The van der Waals surface area contributed by atoms with Gasteiger partial charge in [-0.15, -0.1) is 0 Å². The van der Waals surface area contributed by atoms with Crippen molar-refractivity contribution in [1.82, 2.24) is 0 Å². The van der Waals surface area contributed by atoms with Crippen molar-refractivity contribution in [1.29, 1.82) is 0 Å². The van der Waals surface area contributed by atoms with Crippen LogP contribution in [0.2, 0.25) is 5.02 Å². The van der Waals surface area contributed by atoms with Gasteiger partial charge in [0, 0.05) is 10.7 Å². The number of quaternary nitrogens is 1. The second-order valence-electron chi connectivity index (χ2n) is 5.54. The molecule has 5 heteroatoms. The second-order valence-corrected chi connectivity index (χ2v) is 5.98. The zero-order valence-electron chi connectivity index (χ0n) is 12.2. The molecule has 1 aromatic rings. The van der Waals surface area contributed by atoms with Crippen molar-refractivity contribution in [2.75, 3.05) is 18.4 Å². The summed E-state index contributed by atoms with van der Waals surface area (Å²) in [6.45, 7) is 7.80. The molecule has 1 fully saturated rings. The number of benzene rings is 1. The van der Waals surface area contributed by atoms with Gasteiger partial charge in [0.25, 0.3) is 5.91 Å². The van der Waals surface area contributed by atoms with Crippen LogP contribution in [0.15, 0.2) is 24.3 Å². The smallest absolute Gasteiger partial charge is 0.282 e. The van der Waals surface area contributed by atoms with Gasteiger partial charge >= 0.3 is 0 Å². The zero-order chi connectivity index (χ0) is 14.7. The van der Waals surface area contributed by atoms with Crippen molar-refractivity contribution in [2.45, 2.75) is 39.0 Å². The van der Waals surface area contributed by atoms with Crippen LogP contribution in [-0.2, 0) is 9.53 Å². The summed E-state index contributed by atoms with van der Waals surface area (Å²) >= 11 is 5.83. The minimum Gasteiger partial charge on any atom is -0.364 e. The molecule has 0 aliphatic carbocycles. The van der Waals surface area contributed by atoms with Crippen LogP contribution in [0.4, 0.5) is 5.69 Å². The molecule has 0 saturated carbocycles.